The third-order valence-electron chi connectivity index (χ3n) is 5.38. The lowest BCUT2D eigenvalue weighted by atomic mass is 10.0. The summed E-state index contributed by atoms with van der Waals surface area (Å²) in [6.07, 6.45) is 3.33. The zero-order valence-corrected chi connectivity index (χ0v) is 16.2. The number of carbonyl (C=O) groups is 2. The molecule has 3 saturated heterocycles. The number of nitrogens with zero attached hydrogens (tertiary/aromatic N) is 6. The van der Waals surface area contributed by atoms with Gasteiger partial charge in [-0.1, -0.05) is 0 Å². The summed E-state index contributed by atoms with van der Waals surface area (Å²) in [5.41, 5.74) is 2.42. The van der Waals surface area contributed by atoms with Crippen molar-refractivity contribution in [2.45, 2.75) is 43.9 Å². The first-order chi connectivity index (χ1) is 14.0. The van der Waals surface area contributed by atoms with Gasteiger partial charge in [-0.15, -0.1) is 9.38 Å². The van der Waals surface area contributed by atoms with Gasteiger partial charge in [0.1, 0.15) is 12.4 Å². The second-order valence-electron chi connectivity index (χ2n) is 7.32. The average molecular weight is 430 g/mol. The van der Waals surface area contributed by atoms with E-state index in [1.54, 1.807) is 11.0 Å². The van der Waals surface area contributed by atoms with Crippen molar-refractivity contribution < 1.29 is 27.5 Å². The minimum Gasteiger partial charge on any atom is -0.311 e. The molecule has 4 heterocycles. The van der Waals surface area contributed by atoms with Crippen molar-refractivity contribution in [3.8, 4) is 0 Å². The Balaban J connectivity index is 1.20. The first-order valence-corrected chi connectivity index (χ1v) is 10.3. The summed E-state index contributed by atoms with van der Waals surface area (Å²) in [5, 5.41) is 15.3. The zero-order chi connectivity index (χ0) is 20.4. The molecule has 5 atom stereocenters. The number of aromatic nitrogens is 4. The molecule has 0 aromatic carbocycles. The lowest BCUT2D eigenvalue weighted by Crippen LogP contribution is -2.50. The van der Waals surface area contributed by atoms with Gasteiger partial charge in [-0.3, -0.25) is 14.2 Å². The lowest BCUT2D eigenvalue weighted by molar-refractivity contribution is -0.139. The number of hydroxylamine groups is 3. The minimum atomic E-state index is -2.59. The van der Waals surface area contributed by atoms with Gasteiger partial charge in [-0.2, -0.15) is 9.27 Å². The Labute approximate surface area is 168 Å². The Morgan fingerprint density at radius 2 is 2.31 bits per heavy atom. The van der Waals surface area contributed by atoms with Crippen LogP contribution in [0.4, 0.5) is 4.79 Å². The highest BCUT2D eigenvalue weighted by Gasteiger charge is 2.48. The van der Waals surface area contributed by atoms with E-state index in [0.717, 1.165) is 18.0 Å². The molecule has 3 N–H and O–H groups in total. The van der Waals surface area contributed by atoms with E-state index in [-0.39, 0.29) is 18.6 Å². The van der Waals surface area contributed by atoms with E-state index >= 15 is 0 Å². The number of fused-ring (bicyclic) bond motifs is 2. The van der Waals surface area contributed by atoms with Crippen molar-refractivity contribution >= 4 is 23.3 Å². The molecule has 1 aromatic heterocycles. The van der Waals surface area contributed by atoms with Crippen molar-refractivity contribution in [3.05, 3.63) is 6.33 Å². The standard InChI is InChI=1S/C14H22N8O6S/c23-13(12-2-1-11-6-21(12)14(24)22(11)28-29(25)26)17-27-7-10-3-9(4-15-10)5-20-8-16-18-19-20/h8-12,15H,1-7H2,(H,17,23)(H,25,26)/t9-,10-,11?,12?/m1/s1. The number of hydrogen-bond donors (Lipinski definition) is 3. The van der Waals surface area contributed by atoms with Gasteiger partial charge in [0.2, 0.25) is 0 Å². The summed E-state index contributed by atoms with van der Waals surface area (Å²) in [5.74, 6) is -0.0598. The number of rotatable bonds is 8. The van der Waals surface area contributed by atoms with Crippen molar-refractivity contribution in [1.82, 2.24) is 41.0 Å². The summed E-state index contributed by atoms with van der Waals surface area (Å²) in [6, 6.07) is -1.56. The number of tetrazole rings is 1. The number of hydrogen-bond acceptors (Lipinski definition) is 9. The number of piperidine rings is 1. The van der Waals surface area contributed by atoms with E-state index in [0.29, 0.717) is 31.9 Å². The maximum Gasteiger partial charge on any atom is 0.346 e. The second kappa shape index (κ2) is 8.66. The zero-order valence-electron chi connectivity index (χ0n) is 15.4. The Bertz CT molecular complexity index is 765. The number of nitrogens with one attached hydrogen (secondary N) is 2. The fraction of sp³-hybridized carbons (Fsp3) is 0.786. The predicted molar refractivity (Wildman–Crippen MR) is 94.4 cm³/mol. The molecule has 15 heteroatoms. The van der Waals surface area contributed by atoms with Crippen LogP contribution in [-0.4, -0.2) is 88.7 Å². The Kier molecular flexibility index (Phi) is 6.00. The average Bonchev–Trinajstić information content (AvgIpc) is 3.41. The van der Waals surface area contributed by atoms with Crippen LogP contribution in [-0.2, 0) is 31.8 Å². The van der Waals surface area contributed by atoms with Crippen LogP contribution in [0.1, 0.15) is 19.3 Å². The molecule has 0 aliphatic carbocycles. The molecule has 3 amide bonds. The fourth-order valence-electron chi connectivity index (χ4n) is 4.05. The van der Waals surface area contributed by atoms with Crippen molar-refractivity contribution in [2.24, 2.45) is 5.92 Å². The van der Waals surface area contributed by atoms with Crippen molar-refractivity contribution in [3.63, 3.8) is 0 Å². The van der Waals surface area contributed by atoms with E-state index < -0.39 is 29.3 Å². The van der Waals surface area contributed by atoms with E-state index in [9.17, 15) is 13.8 Å². The van der Waals surface area contributed by atoms with E-state index in [2.05, 4.69) is 30.6 Å². The van der Waals surface area contributed by atoms with Gasteiger partial charge in [-0.25, -0.2) is 15.0 Å². The molecular formula is C14H22N8O6S. The fourth-order valence-corrected chi connectivity index (χ4v) is 4.37. The lowest BCUT2D eigenvalue weighted by Gasteiger charge is -2.29. The number of urea groups is 1. The van der Waals surface area contributed by atoms with Crippen LogP contribution in [0.3, 0.4) is 0 Å². The van der Waals surface area contributed by atoms with Gasteiger partial charge in [0.25, 0.3) is 5.91 Å². The highest BCUT2D eigenvalue weighted by atomic mass is 32.2. The summed E-state index contributed by atoms with van der Waals surface area (Å²) in [4.78, 5) is 31.5. The van der Waals surface area contributed by atoms with Crippen LogP contribution in [0.25, 0.3) is 0 Å². The summed E-state index contributed by atoms with van der Waals surface area (Å²) >= 11 is -2.59. The normalized spacial score (nSPS) is 30.0. The van der Waals surface area contributed by atoms with Gasteiger partial charge in [0.15, 0.2) is 0 Å². The van der Waals surface area contributed by atoms with Crippen LogP contribution in [0.15, 0.2) is 6.33 Å². The number of amides is 3. The Hall–Kier alpha value is -2.20. The smallest absolute Gasteiger partial charge is 0.311 e. The van der Waals surface area contributed by atoms with Crippen LogP contribution in [0, 0.1) is 5.92 Å². The van der Waals surface area contributed by atoms with Gasteiger partial charge >= 0.3 is 17.4 Å². The molecule has 14 nitrogen and oxygen atoms in total. The molecule has 3 aliphatic rings. The van der Waals surface area contributed by atoms with Crippen molar-refractivity contribution in [2.75, 3.05) is 19.7 Å². The van der Waals surface area contributed by atoms with Crippen LogP contribution < -0.4 is 10.8 Å². The second-order valence-corrected chi connectivity index (χ2v) is 7.90. The minimum absolute atomic E-state index is 0.0874. The highest BCUT2D eigenvalue weighted by molar-refractivity contribution is 7.74. The molecule has 29 heavy (non-hydrogen) atoms. The molecule has 1 aromatic rings. The Morgan fingerprint density at radius 3 is 3.07 bits per heavy atom. The molecule has 2 bridgehead atoms. The van der Waals surface area contributed by atoms with Crippen LogP contribution in [0.2, 0.25) is 0 Å². The maximum atomic E-state index is 12.5. The predicted octanol–water partition coefficient (Wildman–Crippen LogP) is -1.96. The Morgan fingerprint density at radius 1 is 1.45 bits per heavy atom. The van der Waals surface area contributed by atoms with Crippen LogP contribution in [0.5, 0.6) is 0 Å². The third-order valence-corrected chi connectivity index (χ3v) is 5.66. The first kappa shape index (κ1) is 20.1. The van der Waals surface area contributed by atoms with Crippen LogP contribution >= 0.6 is 0 Å². The van der Waals surface area contributed by atoms with E-state index in [1.165, 1.54) is 4.90 Å². The largest absolute Gasteiger partial charge is 0.346 e. The molecule has 0 radical (unpaired) electrons. The molecule has 0 spiro atoms. The summed E-state index contributed by atoms with van der Waals surface area (Å²) in [6.45, 7) is 2.06. The molecular weight excluding hydrogens is 408 g/mol. The number of carbonyl (C=O) groups excluding carboxylic acids is 2. The monoisotopic (exact) mass is 430 g/mol. The summed E-state index contributed by atoms with van der Waals surface area (Å²) < 4.78 is 26.0. The molecule has 3 unspecified atom stereocenters. The van der Waals surface area contributed by atoms with Crippen molar-refractivity contribution in [1.29, 1.82) is 0 Å². The van der Waals surface area contributed by atoms with E-state index in [1.807, 2.05) is 0 Å². The van der Waals surface area contributed by atoms with Gasteiger partial charge < -0.3 is 10.2 Å². The van der Waals surface area contributed by atoms with Gasteiger partial charge in [-0.05, 0) is 35.6 Å². The molecule has 160 valence electrons. The van der Waals surface area contributed by atoms with Gasteiger partial charge in [0, 0.05) is 25.7 Å². The molecule has 3 fully saturated rings. The molecule has 0 saturated carbocycles. The SMILES string of the molecule is O=C(NOC[C@H]1C[C@@H](Cn2cnnn2)CN1)C1CCC2CN1C(=O)N2OS(=O)O. The quantitative estimate of drug-likeness (QED) is 0.311. The molecule has 4 rings (SSSR count). The van der Waals surface area contributed by atoms with E-state index in [4.69, 9.17) is 9.39 Å². The first-order valence-electron chi connectivity index (χ1n) is 9.26. The maximum absolute atomic E-state index is 12.5. The molecule has 3 aliphatic heterocycles. The highest BCUT2D eigenvalue weighted by Crippen LogP contribution is 2.30. The third kappa shape index (κ3) is 4.53. The topological polar surface area (TPSA) is 164 Å². The van der Waals surface area contributed by atoms with Gasteiger partial charge in [0.05, 0.1) is 12.6 Å². The summed E-state index contributed by atoms with van der Waals surface area (Å²) in [7, 11) is 0.